The van der Waals surface area contributed by atoms with Crippen LogP contribution in [0.25, 0.3) is 11.1 Å². The Labute approximate surface area is 258 Å². The van der Waals surface area contributed by atoms with Crippen molar-refractivity contribution < 1.29 is 27.6 Å². The van der Waals surface area contributed by atoms with Gasteiger partial charge in [0.1, 0.15) is 5.75 Å². The summed E-state index contributed by atoms with van der Waals surface area (Å²) in [6, 6.07) is 14.7. The van der Waals surface area contributed by atoms with Crippen molar-refractivity contribution in [1.82, 2.24) is 10.1 Å². The zero-order chi connectivity index (χ0) is 31.0. The van der Waals surface area contributed by atoms with E-state index in [1.807, 2.05) is 29.2 Å². The maximum atomic E-state index is 14.1. The van der Waals surface area contributed by atoms with E-state index in [1.54, 1.807) is 24.3 Å². The van der Waals surface area contributed by atoms with Gasteiger partial charge in [-0.15, -0.1) is 0 Å². The number of halogens is 2. The highest BCUT2D eigenvalue weighted by Crippen LogP contribution is 2.57. The van der Waals surface area contributed by atoms with E-state index >= 15 is 0 Å². The fourth-order valence-corrected chi connectivity index (χ4v) is 7.23. The van der Waals surface area contributed by atoms with E-state index in [0.29, 0.717) is 38.0 Å². The van der Waals surface area contributed by atoms with Gasteiger partial charge in [0.05, 0.1) is 0 Å². The van der Waals surface area contributed by atoms with Gasteiger partial charge in [-0.2, -0.15) is 13.8 Å². The number of amides is 1. The Morgan fingerprint density at radius 2 is 1.68 bits per heavy atom. The molecule has 7 rings (SSSR count). The van der Waals surface area contributed by atoms with Crippen LogP contribution >= 0.6 is 0 Å². The monoisotopic (exact) mass is 607 g/mol. The van der Waals surface area contributed by atoms with E-state index in [4.69, 9.17) is 14.2 Å². The molecule has 2 bridgehead atoms. The molecule has 1 saturated heterocycles. The molecule has 9 heteroatoms. The van der Waals surface area contributed by atoms with Gasteiger partial charge in [0.25, 0.3) is 0 Å². The molecule has 44 heavy (non-hydrogen) atoms. The molecular weight excluding hydrogens is 564 g/mol. The van der Waals surface area contributed by atoms with Gasteiger partial charge < -0.3 is 18.9 Å². The third kappa shape index (κ3) is 6.53. The van der Waals surface area contributed by atoms with Crippen molar-refractivity contribution >= 4 is 11.6 Å². The minimum absolute atomic E-state index is 0.0357. The molecule has 4 aliphatic rings. The highest BCUT2D eigenvalue weighted by molar-refractivity contribution is 5.94. The number of alkyl halides is 2. The van der Waals surface area contributed by atoms with E-state index in [0.717, 1.165) is 74.0 Å². The third-order valence-electron chi connectivity index (χ3n) is 10.1. The lowest BCUT2D eigenvalue weighted by Gasteiger charge is -2.53. The summed E-state index contributed by atoms with van der Waals surface area (Å²) in [7, 11) is 0. The Morgan fingerprint density at radius 3 is 2.30 bits per heavy atom. The molecule has 3 saturated carbocycles. The lowest BCUT2D eigenvalue weighted by Crippen LogP contribution is -2.51. The van der Waals surface area contributed by atoms with Crippen LogP contribution < -0.4 is 9.64 Å². The molecule has 1 aliphatic heterocycles. The Balaban J connectivity index is 1.23. The highest BCUT2D eigenvalue weighted by Gasteiger charge is 2.52. The smallest absolute Gasteiger partial charge is 0.387 e. The molecule has 0 N–H and O–H groups in total. The number of hydrogen-bond donors (Lipinski definition) is 0. The summed E-state index contributed by atoms with van der Waals surface area (Å²) < 4.78 is 41.1. The molecule has 2 heterocycles. The number of rotatable bonds is 9. The van der Waals surface area contributed by atoms with Crippen molar-refractivity contribution in [3.63, 3.8) is 0 Å². The number of aromatic nitrogens is 2. The fourth-order valence-electron chi connectivity index (χ4n) is 7.23. The van der Waals surface area contributed by atoms with Crippen LogP contribution in [0.2, 0.25) is 0 Å². The SMILES string of the molecule is CC(C)(C)c1nc(C23CCC(CN(C(=O)CC4CCOCC4)c4cccc(-c5ccc(OC(F)F)cc5)c4)(CC2)CC3)no1. The molecule has 236 valence electrons. The fraction of sp³-hybridized carbons (Fsp3) is 0.571. The Bertz CT molecular complexity index is 1420. The van der Waals surface area contributed by atoms with Crippen molar-refractivity contribution in [1.29, 1.82) is 0 Å². The first-order chi connectivity index (χ1) is 21.0. The lowest BCUT2D eigenvalue weighted by atomic mass is 9.53. The number of carbonyl (C=O) groups is 1. The van der Waals surface area contributed by atoms with Gasteiger partial charge in [-0.25, -0.2) is 0 Å². The number of nitrogens with zero attached hydrogens (tertiary/aromatic N) is 3. The summed E-state index contributed by atoms with van der Waals surface area (Å²) in [6.07, 6.45) is 8.33. The molecule has 1 amide bonds. The third-order valence-corrected chi connectivity index (χ3v) is 10.1. The second kappa shape index (κ2) is 12.2. The first kappa shape index (κ1) is 30.7. The first-order valence-electron chi connectivity index (χ1n) is 15.9. The van der Waals surface area contributed by atoms with Crippen LogP contribution in [0.15, 0.2) is 53.1 Å². The van der Waals surface area contributed by atoms with Gasteiger partial charge in [0, 0.05) is 42.7 Å². The summed E-state index contributed by atoms with van der Waals surface area (Å²) in [6.45, 7) is 5.49. The molecule has 0 atom stereocenters. The number of anilines is 1. The van der Waals surface area contributed by atoms with E-state index in [9.17, 15) is 13.6 Å². The molecule has 3 aliphatic carbocycles. The molecular formula is C35H43F2N3O4. The maximum absolute atomic E-state index is 14.1. The zero-order valence-electron chi connectivity index (χ0n) is 26.0. The first-order valence-corrected chi connectivity index (χ1v) is 15.9. The van der Waals surface area contributed by atoms with Crippen LogP contribution in [0.1, 0.15) is 90.3 Å². The number of ether oxygens (including phenoxy) is 2. The predicted molar refractivity (Wildman–Crippen MR) is 164 cm³/mol. The van der Waals surface area contributed by atoms with E-state index in [-0.39, 0.29) is 27.9 Å². The zero-order valence-corrected chi connectivity index (χ0v) is 26.0. The topological polar surface area (TPSA) is 77.7 Å². The van der Waals surface area contributed by atoms with Crippen molar-refractivity contribution in [2.45, 2.75) is 96.0 Å². The highest BCUT2D eigenvalue weighted by atomic mass is 19.3. The van der Waals surface area contributed by atoms with Crippen molar-refractivity contribution in [3.8, 4) is 16.9 Å². The molecule has 0 unspecified atom stereocenters. The van der Waals surface area contributed by atoms with Gasteiger partial charge in [-0.1, -0.05) is 50.2 Å². The van der Waals surface area contributed by atoms with Gasteiger partial charge in [-0.05, 0) is 98.1 Å². The Hall–Kier alpha value is -3.33. The summed E-state index contributed by atoms with van der Waals surface area (Å²) >= 11 is 0. The van der Waals surface area contributed by atoms with Crippen molar-refractivity contribution in [2.24, 2.45) is 11.3 Å². The van der Waals surface area contributed by atoms with Gasteiger partial charge in [-0.3, -0.25) is 4.79 Å². The van der Waals surface area contributed by atoms with Gasteiger partial charge >= 0.3 is 6.61 Å². The molecule has 7 nitrogen and oxygen atoms in total. The van der Waals surface area contributed by atoms with Crippen LogP contribution in [0.4, 0.5) is 14.5 Å². The average molecular weight is 608 g/mol. The molecule has 4 fully saturated rings. The Kier molecular flexibility index (Phi) is 8.52. The largest absolute Gasteiger partial charge is 0.435 e. The summed E-state index contributed by atoms with van der Waals surface area (Å²) in [4.78, 5) is 21.0. The second-order valence-corrected chi connectivity index (χ2v) is 14.1. The quantitative estimate of drug-likeness (QED) is 0.245. The summed E-state index contributed by atoms with van der Waals surface area (Å²) in [5.41, 5.74) is 2.47. The summed E-state index contributed by atoms with van der Waals surface area (Å²) in [5.74, 6) is 2.13. The van der Waals surface area contributed by atoms with Gasteiger partial charge in [0.15, 0.2) is 5.82 Å². The second-order valence-electron chi connectivity index (χ2n) is 14.1. The molecule has 3 aromatic rings. The normalized spacial score (nSPS) is 24.0. The van der Waals surface area contributed by atoms with Crippen LogP contribution in [-0.2, 0) is 20.4 Å². The predicted octanol–water partition coefficient (Wildman–Crippen LogP) is 8.08. The van der Waals surface area contributed by atoms with Crippen molar-refractivity contribution in [3.05, 3.63) is 60.2 Å². The number of fused-ring (bicyclic) bond motifs is 3. The van der Waals surface area contributed by atoms with E-state index < -0.39 is 6.61 Å². The average Bonchev–Trinajstić information content (AvgIpc) is 3.54. The molecule has 2 aromatic carbocycles. The maximum Gasteiger partial charge on any atom is 0.387 e. The molecule has 0 spiro atoms. The molecule has 0 radical (unpaired) electrons. The van der Waals surface area contributed by atoms with Crippen molar-refractivity contribution in [2.75, 3.05) is 24.7 Å². The minimum atomic E-state index is -2.86. The molecule has 1 aromatic heterocycles. The number of carbonyl (C=O) groups excluding carboxylic acids is 1. The lowest BCUT2D eigenvalue weighted by molar-refractivity contribution is -0.121. The summed E-state index contributed by atoms with van der Waals surface area (Å²) in [5, 5.41) is 4.45. The van der Waals surface area contributed by atoms with Crippen LogP contribution in [-0.4, -0.2) is 42.4 Å². The number of benzene rings is 2. The van der Waals surface area contributed by atoms with E-state index in [1.165, 1.54) is 0 Å². The standard InChI is InChI=1S/C35H43F2N3O4/c1-33(2,3)31-38-30(39-44-31)35-16-13-34(14-17-35,15-18-35)23-40(29(41)21-24-11-19-42-20-12-24)27-6-4-5-26(22-27)25-7-9-28(10-8-25)43-32(36)37/h4-10,22,24,32H,11-21,23H2,1-3H3. The van der Waals surface area contributed by atoms with Crippen LogP contribution in [0.5, 0.6) is 5.75 Å². The van der Waals surface area contributed by atoms with E-state index in [2.05, 4.69) is 30.7 Å². The van der Waals surface area contributed by atoms with Crippen LogP contribution in [0, 0.1) is 11.3 Å². The Morgan fingerprint density at radius 1 is 1.00 bits per heavy atom. The number of hydrogen-bond acceptors (Lipinski definition) is 6. The van der Waals surface area contributed by atoms with Crippen LogP contribution in [0.3, 0.4) is 0 Å². The minimum Gasteiger partial charge on any atom is -0.435 e. The van der Waals surface area contributed by atoms with Gasteiger partial charge in [0.2, 0.25) is 11.8 Å².